The number of ether oxygens (including phenoxy) is 1. The third kappa shape index (κ3) is 10.8. The SMILES string of the molecule is CCNC(=NCc1ccc(F)cc1)NCCCN(C)CCOC.I. The van der Waals surface area contributed by atoms with Crippen LogP contribution in [0.1, 0.15) is 18.9 Å². The van der Waals surface area contributed by atoms with Crippen molar-refractivity contribution in [3.8, 4) is 0 Å². The molecule has 2 N–H and O–H groups in total. The molecule has 0 saturated heterocycles. The van der Waals surface area contributed by atoms with Crippen molar-refractivity contribution in [2.45, 2.75) is 19.9 Å². The van der Waals surface area contributed by atoms with Crippen LogP contribution >= 0.6 is 24.0 Å². The summed E-state index contributed by atoms with van der Waals surface area (Å²) in [6, 6.07) is 6.43. The molecule has 1 aromatic rings. The molecule has 24 heavy (non-hydrogen) atoms. The highest BCUT2D eigenvalue weighted by Crippen LogP contribution is 2.03. The third-order valence-electron chi connectivity index (χ3n) is 3.36. The van der Waals surface area contributed by atoms with Gasteiger partial charge in [-0.15, -0.1) is 24.0 Å². The van der Waals surface area contributed by atoms with Crippen LogP contribution in [0, 0.1) is 5.82 Å². The minimum absolute atomic E-state index is 0. The van der Waals surface area contributed by atoms with E-state index in [1.165, 1.54) is 12.1 Å². The lowest BCUT2D eigenvalue weighted by Gasteiger charge is -2.17. The first-order chi connectivity index (χ1) is 11.2. The van der Waals surface area contributed by atoms with Crippen LogP contribution in [-0.4, -0.2) is 57.8 Å². The summed E-state index contributed by atoms with van der Waals surface area (Å²) >= 11 is 0. The maximum Gasteiger partial charge on any atom is 0.191 e. The number of hydrogen-bond donors (Lipinski definition) is 2. The standard InChI is InChI=1S/C17H29FN4O.HI/c1-4-19-17(20-10-5-11-22(2)12-13-23-3)21-14-15-6-8-16(18)9-7-15;/h6-9H,4-5,10-14H2,1-3H3,(H2,19,20,21);1H. The van der Waals surface area contributed by atoms with Gasteiger partial charge in [0, 0.05) is 26.7 Å². The van der Waals surface area contributed by atoms with Crippen molar-refractivity contribution >= 4 is 29.9 Å². The van der Waals surface area contributed by atoms with E-state index in [9.17, 15) is 4.39 Å². The summed E-state index contributed by atoms with van der Waals surface area (Å²) in [6.45, 7) is 6.93. The van der Waals surface area contributed by atoms with Crippen LogP contribution in [0.4, 0.5) is 4.39 Å². The number of guanidine groups is 1. The van der Waals surface area contributed by atoms with Gasteiger partial charge in [0.25, 0.3) is 0 Å². The fourth-order valence-corrected chi connectivity index (χ4v) is 2.02. The van der Waals surface area contributed by atoms with E-state index >= 15 is 0 Å². The van der Waals surface area contributed by atoms with Crippen molar-refractivity contribution in [2.75, 3.05) is 46.9 Å². The van der Waals surface area contributed by atoms with Crippen LogP contribution in [0.3, 0.4) is 0 Å². The molecule has 0 aliphatic carbocycles. The van der Waals surface area contributed by atoms with Crippen LogP contribution in [0.25, 0.3) is 0 Å². The Labute approximate surface area is 162 Å². The summed E-state index contributed by atoms with van der Waals surface area (Å²) < 4.78 is 17.9. The summed E-state index contributed by atoms with van der Waals surface area (Å²) in [5.41, 5.74) is 0.989. The van der Waals surface area contributed by atoms with Crippen molar-refractivity contribution in [1.82, 2.24) is 15.5 Å². The Morgan fingerprint density at radius 3 is 2.54 bits per heavy atom. The van der Waals surface area contributed by atoms with E-state index in [1.807, 2.05) is 6.92 Å². The highest BCUT2D eigenvalue weighted by atomic mass is 127. The molecule has 0 unspecified atom stereocenters. The largest absolute Gasteiger partial charge is 0.383 e. The first-order valence-electron chi connectivity index (χ1n) is 8.09. The van der Waals surface area contributed by atoms with E-state index in [0.29, 0.717) is 6.54 Å². The summed E-state index contributed by atoms with van der Waals surface area (Å²) in [5.74, 6) is 0.566. The van der Waals surface area contributed by atoms with Gasteiger partial charge in [-0.1, -0.05) is 12.1 Å². The molecule has 0 bridgehead atoms. The van der Waals surface area contributed by atoms with E-state index in [4.69, 9.17) is 4.74 Å². The van der Waals surface area contributed by atoms with Crippen LogP contribution in [-0.2, 0) is 11.3 Å². The Morgan fingerprint density at radius 2 is 1.92 bits per heavy atom. The summed E-state index contributed by atoms with van der Waals surface area (Å²) in [6.07, 6.45) is 1.03. The predicted octanol–water partition coefficient (Wildman–Crippen LogP) is 2.47. The minimum atomic E-state index is -0.222. The molecule has 0 radical (unpaired) electrons. The normalized spacial score (nSPS) is 11.3. The molecular formula is C17H30FIN4O. The number of halogens is 2. The zero-order valence-electron chi connectivity index (χ0n) is 14.8. The van der Waals surface area contributed by atoms with Gasteiger partial charge in [-0.2, -0.15) is 0 Å². The van der Waals surface area contributed by atoms with Crippen molar-refractivity contribution in [1.29, 1.82) is 0 Å². The van der Waals surface area contributed by atoms with E-state index in [2.05, 4.69) is 27.6 Å². The number of methoxy groups -OCH3 is 1. The monoisotopic (exact) mass is 452 g/mol. The number of likely N-dealkylation sites (N-methyl/N-ethyl adjacent to an activating group) is 1. The Hall–Kier alpha value is -0.930. The van der Waals surface area contributed by atoms with Crippen molar-refractivity contribution in [3.05, 3.63) is 35.6 Å². The number of nitrogens with zero attached hydrogens (tertiary/aromatic N) is 2. The highest BCUT2D eigenvalue weighted by molar-refractivity contribution is 14.0. The maximum absolute atomic E-state index is 12.9. The molecule has 5 nitrogen and oxygen atoms in total. The third-order valence-corrected chi connectivity index (χ3v) is 3.36. The molecule has 0 atom stereocenters. The lowest BCUT2D eigenvalue weighted by Crippen LogP contribution is -2.38. The summed E-state index contributed by atoms with van der Waals surface area (Å²) in [4.78, 5) is 6.76. The molecule has 0 heterocycles. The Balaban J connectivity index is 0.00000529. The quantitative estimate of drug-likeness (QED) is 0.248. The average Bonchev–Trinajstić information content (AvgIpc) is 2.56. The second-order valence-corrected chi connectivity index (χ2v) is 5.40. The molecule has 1 aromatic carbocycles. The Kier molecular flexibility index (Phi) is 13.9. The van der Waals surface area contributed by atoms with Crippen LogP contribution in [0.2, 0.25) is 0 Å². The first-order valence-corrected chi connectivity index (χ1v) is 8.09. The molecule has 0 amide bonds. The molecular weight excluding hydrogens is 422 g/mol. The van der Waals surface area contributed by atoms with E-state index in [0.717, 1.165) is 50.7 Å². The highest BCUT2D eigenvalue weighted by Gasteiger charge is 2.00. The zero-order valence-corrected chi connectivity index (χ0v) is 17.2. The van der Waals surface area contributed by atoms with Gasteiger partial charge >= 0.3 is 0 Å². The average molecular weight is 452 g/mol. The molecule has 7 heteroatoms. The number of benzene rings is 1. The molecule has 0 aromatic heterocycles. The molecule has 0 aliphatic heterocycles. The second-order valence-electron chi connectivity index (χ2n) is 5.40. The van der Waals surface area contributed by atoms with Crippen molar-refractivity contribution in [2.24, 2.45) is 4.99 Å². The summed E-state index contributed by atoms with van der Waals surface area (Å²) in [7, 11) is 3.81. The zero-order chi connectivity index (χ0) is 16.9. The summed E-state index contributed by atoms with van der Waals surface area (Å²) in [5, 5.41) is 6.54. The van der Waals surface area contributed by atoms with E-state index in [1.54, 1.807) is 19.2 Å². The van der Waals surface area contributed by atoms with Gasteiger partial charge in [0.2, 0.25) is 0 Å². The van der Waals surface area contributed by atoms with Gasteiger partial charge in [0.15, 0.2) is 5.96 Å². The van der Waals surface area contributed by atoms with Gasteiger partial charge in [0.05, 0.1) is 13.2 Å². The fourth-order valence-electron chi connectivity index (χ4n) is 2.02. The Morgan fingerprint density at radius 1 is 1.21 bits per heavy atom. The number of nitrogens with one attached hydrogen (secondary N) is 2. The van der Waals surface area contributed by atoms with Crippen LogP contribution < -0.4 is 10.6 Å². The number of aliphatic imine (C=N–C) groups is 1. The van der Waals surface area contributed by atoms with Gasteiger partial charge in [-0.25, -0.2) is 9.38 Å². The van der Waals surface area contributed by atoms with Gasteiger partial charge < -0.3 is 20.3 Å². The minimum Gasteiger partial charge on any atom is -0.383 e. The van der Waals surface area contributed by atoms with Gasteiger partial charge in [-0.3, -0.25) is 0 Å². The lowest BCUT2D eigenvalue weighted by molar-refractivity contribution is 0.161. The first kappa shape index (κ1) is 23.1. The van der Waals surface area contributed by atoms with E-state index < -0.39 is 0 Å². The van der Waals surface area contributed by atoms with Crippen LogP contribution in [0.15, 0.2) is 29.3 Å². The Bertz CT molecular complexity index is 456. The molecule has 0 saturated carbocycles. The smallest absolute Gasteiger partial charge is 0.191 e. The van der Waals surface area contributed by atoms with Crippen LogP contribution in [0.5, 0.6) is 0 Å². The predicted molar refractivity (Wildman–Crippen MR) is 109 cm³/mol. The molecule has 138 valence electrons. The lowest BCUT2D eigenvalue weighted by atomic mass is 10.2. The second kappa shape index (κ2) is 14.4. The fraction of sp³-hybridized carbons (Fsp3) is 0.588. The van der Waals surface area contributed by atoms with Gasteiger partial charge in [-0.05, 0) is 44.6 Å². The van der Waals surface area contributed by atoms with E-state index in [-0.39, 0.29) is 29.8 Å². The van der Waals surface area contributed by atoms with Crippen molar-refractivity contribution < 1.29 is 9.13 Å². The topological polar surface area (TPSA) is 48.9 Å². The maximum atomic E-state index is 12.9. The number of rotatable bonds is 10. The molecule has 0 fully saturated rings. The van der Waals surface area contributed by atoms with Crippen molar-refractivity contribution in [3.63, 3.8) is 0 Å². The number of hydrogen-bond acceptors (Lipinski definition) is 3. The molecule has 0 spiro atoms. The van der Waals surface area contributed by atoms with Gasteiger partial charge in [0.1, 0.15) is 5.82 Å². The molecule has 0 aliphatic rings. The molecule has 1 rings (SSSR count).